The number of benzene rings is 3. The average molecular weight is 419 g/mol. The van der Waals surface area contributed by atoms with E-state index in [1.165, 1.54) is 34.1 Å². The smallest absolute Gasteiger partial charge is 0.255 e. The molecule has 2 aliphatic heterocycles. The summed E-state index contributed by atoms with van der Waals surface area (Å²) in [6.45, 7) is 0.624. The normalized spacial score (nSPS) is 17.8. The van der Waals surface area contributed by atoms with Crippen LogP contribution in [0.2, 0.25) is 0 Å². The van der Waals surface area contributed by atoms with Crippen LogP contribution in [0.5, 0.6) is 0 Å². The van der Waals surface area contributed by atoms with Gasteiger partial charge in [-0.15, -0.1) is 0 Å². The number of rotatable bonds is 3. The van der Waals surface area contributed by atoms with Crippen LogP contribution in [0.25, 0.3) is 0 Å². The van der Waals surface area contributed by atoms with Gasteiger partial charge in [0.1, 0.15) is 17.7 Å². The highest BCUT2D eigenvalue weighted by Gasteiger charge is 2.40. The van der Waals surface area contributed by atoms with Crippen molar-refractivity contribution >= 4 is 23.2 Å². The van der Waals surface area contributed by atoms with E-state index in [1.54, 1.807) is 12.1 Å². The van der Waals surface area contributed by atoms with Gasteiger partial charge in [-0.25, -0.2) is 8.78 Å². The highest BCUT2D eigenvalue weighted by atomic mass is 19.1. The van der Waals surface area contributed by atoms with Gasteiger partial charge in [0.25, 0.3) is 11.8 Å². The Morgan fingerprint density at radius 1 is 0.935 bits per heavy atom. The van der Waals surface area contributed by atoms with E-state index in [2.05, 4.69) is 5.32 Å². The van der Waals surface area contributed by atoms with Crippen LogP contribution >= 0.6 is 0 Å². The van der Waals surface area contributed by atoms with Gasteiger partial charge in [0.2, 0.25) is 0 Å². The summed E-state index contributed by atoms with van der Waals surface area (Å²) in [6.07, 6.45) is 0. The molecule has 5 nitrogen and oxygen atoms in total. The van der Waals surface area contributed by atoms with Gasteiger partial charge < -0.3 is 15.1 Å². The van der Waals surface area contributed by atoms with Crippen molar-refractivity contribution in [2.75, 3.05) is 16.8 Å². The largest absolute Gasteiger partial charge is 0.381 e. The topological polar surface area (TPSA) is 52.7 Å². The number of hydrogen-bond donors (Lipinski definition) is 1. The van der Waals surface area contributed by atoms with E-state index < -0.39 is 17.7 Å². The third kappa shape index (κ3) is 3.42. The number of nitrogens with zero attached hydrogens (tertiary/aromatic N) is 2. The molecule has 3 aromatic carbocycles. The molecular formula is C24H19F2N3O2. The van der Waals surface area contributed by atoms with Crippen LogP contribution in [0.4, 0.5) is 20.2 Å². The first-order valence-electron chi connectivity index (χ1n) is 9.99. The Morgan fingerprint density at radius 3 is 2.48 bits per heavy atom. The van der Waals surface area contributed by atoms with Gasteiger partial charge in [-0.1, -0.05) is 36.4 Å². The monoisotopic (exact) mass is 419 g/mol. The minimum absolute atomic E-state index is 0.172. The lowest BCUT2D eigenvalue weighted by molar-refractivity contribution is -0.122. The van der Waals surface area contributed by atoms with Gasteiger partial charge in [-0.3, -0.25) is 9.59 Å². The number of fused-ring (bicyclic) bond motifs is 2. The predicted octanol–water partition coefficient (Wildman–Crippen LogP) is 3.95. The third-order valence-corrected chi connectivity index (χ3v) is 5.75. The van der Waals surface area contributed by atoms with Gasteiger partial charge in [-0.2, -0.15) is 0 Å². The van der Waals surface area contributed by atoms with Crippen molar-refractivity contribution in [1.82, 2.24) is 4.90 Å². The number of carbonyl (C=O) groups is 2. The number of carbonyl (C=O) groups excluding carboxylic acids is 2. The molecule has 2 amide bonds. The molecule has 2 aliphatic rings. The van der Waals surface area contributed by atoms with E-state index in [0.717, 1.165) is 5.56 Å². The second kappa shape index (κ2) is 7.50. The molecule has 156 valence electrons. The lowest BCUT2D eigenvalue weighted by Crippen LogP contribution is -2.50. The van der Waals surface area contributed by atoms with E-state index in [1.807, 2.05) is 30.3 Å². The average Bonchev–Trinajstić information content (AvgIpc) is 3.02. The van der Waals surface area contributed by atoms with Crippen LogP contribution in [-0.4, -0.2) is 29.3 Å². The first-order valence-corrected chi connectivity index (χ1v) is 9.99. The first-order chi connectivity index (χ1) is 15.0. The molecule has 3 aromatic rings. The third-order valence-electron chi connectivity index (χ3n) is 5.75. The number of halogens is 2. The van der Waals surface area contributed by atoms with E-state index >= 15 is 0 Å². The fourth-order valence-corrected chi connectivity index (χ4v) is 4.19. The lowest BCUT2D eigenvalue weighted by atomic mass is 10.1. The Balaban J connectivity index is 1.52. The molecule has 0 saturated carbocycles. The van der Waals surface area contributed by atoms with Crippen LogP contribution < -0.4 is 10.2 Å². The molecule has 0 unspecified atom stereocenters. The molecule has 0 aromatic heterocycles. The Kier molecular flexibility index (Phi) is 4.66. The maximum atomic E-state index is 14.1. The number of amides is 2. The predicted molar refractivity (Wildman–Crippen MR) is 113 cm³/mol. The Labute approximate surface area is 177 Å². The minimum atomic E-state index is -0.817. The minimum Gasteiger partial charge on any atom is -0.381 e. The van der Waals surface area contributed by atoms with Crippen LogP contribution in [0, 0.1) is 11.6 Å². The molecular weight excluding hydrogens is 400 g/mol. The molecule has 0 fully saturated rings. The summed E-state index contributed by atoms with van der Waals surface area (Å²) in [5, 5.41) is 3.19. The molecule has 2 heterocycles. The molecule has 0 spiro atoms. The summed E-state index contributed by atoms with van der Waals surface area (Å²) < 4.78 is 27.8. The van der Waals surface area contributed by atoms with Gasteiger partial charge in [0, 0.05) is 18.7 Å². The van der Waals surface area contributed by atoms with Gasteiger partial charge in [0.15, 0.2) is 0 Å². The Bertz CT molecular complexity index is 1180. The van der Waals surface area contributed by atoms with Crippen LogP contribution in [0.1, 0.15) is 21.5 Å². The molecule has 7 heteroatoms. The van der Waals surface area contributed by atoms with Crippen molar-refractivity contribution in [3.63, 3.8) is 0 Å². The van der Waals surface area contributed by atoms with Crippen LogP contribution in [0.3, 0.4) is 0 Å². The van der Waals surface area contributed by atoms with Crippen molar-refractivity contribution in [2.24, 2.45) is 0 Å². The SMILES string of the molecule is O=C1[C@@H](N2Cc3ccc(F)cc3C2=O)CNc2ccc(F)cc2N1Cc1ccccc1. The molecule has 1 atom stereocenters. The molecule has 0 bridgehead atoms. The zero-order chi connectivity index (χ0) is 21.5. The van der Waals surface area contributed by atoms with Crippen molar-refractivity contribution in [2.45, 2.75) is 19.1 Å². The zero-order valence-electron chi connectivity index (χ0n) is 16.5. The number of anilines is 2. The van der Waals surface area contributed by atoms with E-state index in [-0.39, 0.29) is 37.0 Å². The van der Waals surface area contributed by atoms with E-state index in [4.69, 9.17) is 0 Å². The highest BCUT2D eigenvalue weighted by Crippen LogP contribution is 2.34. The summed E-state index contributed by atoms with van der Waals surface area (Å²) in [6, 6.07) is 16.9. The van der Waals surface area contributed by atoms with Crippen molar-refractivity contribution in [3.05, 3.63) is 95.1 Å². The molecule has 1 N–H and O–H groups in total. The number of hydrogen-bond acceptors (Lipinski definition) is 3. The first kappa shape index (κ1) is 19.2. The molecule has 0 saturated heterocycles. The van der Waals surface area contributed by atoms with Gasteiger partial charge in [0.05, 0.1) is 17.9 Å². The fourth-order valence-electron chi connectivity index (χ4n) is 4.19. The van der Waals surface area contributed by atoms with Crippen molar-refractivity contribution in [3.8, 4) is 0 Å². The number of nitrogens with one attached hydrogen (secondary N) is 1. The molecule has 0 radical (unpaired) electrons. The van der Waals surface area contributed by atoms with Crippen LogP contribution in [0.15, 0.2) is 66.7 Å². The van der Waals surface area contributed by atoms with Gasteiger partial charge in [-0.05, 0) is 41.5 Å². The second-order valence-electron chi connectivity index (χ2n) is 7.70. The van der Waals surface area contributed by atoms with E-state index in [0.29, 0.717) is 16.9 Å². The molecule has 0 aliphatic carbocycles. The molecule has 5 rings (SSSR count). The quantitative estimate of drug-likeness (QED) is 0.700. The standard InChI is InChI=1S/C24H19F2N3O2/c25-17-7-6-16-14-29(23(30)19(16)10-17)22-12-27-20-9-8-18(26)11-21(20)28(24(22)31)13-15-4-2-1-3-5-15/h1-11,22,27H,12-14H2/t22-/m0/s1. The van der Waals surface area contributed by atoms with Crippen molar-refractivity contribution < 1.29 is 18.4 Å². The maximum absolute atomic E-state index is 14.1. The fraction of sp³-hybridized carbons (Fsp3) is 0.167. The summed E-state index contributed by atoms with van der Waals surface area (Å²) in [4.78, 5) is 29.6. The Morgan fingerprint density at radius 2 is 1.68 bits per heavy atom. The zero-order valence-corrected chi connectivity index (χ0v) is 16.5. The van der Waals surface area contributed by atoms with Crippen LogP contribution in [-0.2, 0) is 17.9 Å². The summed E-state index contributed by atoms with van der Waals surface area (Å²) in [5.41, 5.74) is 2.87. The molecule has 31 heavy (non-hydrogen) atoms. The summed E-state index contributed by atoms with van der Waals surface area (Å²) in [5.74, 6) is -1.65. The summed E-state index contributed by atoms with van der Waals surface area (Å²) in [7, 11) is 0. The maximum Gasteiger partial charge on any atom is 0.255 e. The highest BCUT2D eigenvalue weighted by molar-refractivity contribution is 6.06. The summed E-state index contributed by atoms with van der Waals surface area (Å²) >= 11 is 0. The van der Waals surface area contributed by atoms with Crippen molar-refractivity contribution in [1.29, 1.82) is 0 Å². The second-order valence-corrected chi connectivity index (χ2v) is 7.70. The lowest BCUT2D eigenvalue weighted by Gasteiger charge is -2.30. The van der Waals surface area contributed by atoms with E-state index in [9.17, 15) is 18.4 Å². The Hall–Kier alpha value is -3.74. The van der Waals surface area contributed by atoms with Gasteiger partial charge >= 0.3 is 0 Å².